The van der Waals surface area contributed by atoms with Gasteiger partial charge >= 0.3 is 6.18 Å². The molecule has 0 unspecified atom stereocenters. The third-order valence-corrected chi connectivity index (χ3v) is 2.40. The predicted octanol–water partition coefficient (Wildman–Crippen LogP) is 2.25. The van der Waals surface area contributed by atoms with Gasteiger partial charge in [0, 0.05) is 17.5 Å². The number of carbonyl (C=O) groups is 1. The van der Waals surface area contributed by atoms with Gasteiger partial charge in [-0.1, -0.05) is 6.07 Å². The maximum Gasteiger partial charge on any atom is 0.390 e. The van der Waals surface area contributed by atoms with Gasteiger partial charge in [0.15, 0.2) is 0 Å². The van der Waals surface area contributed by atoms with Crippen LogP contribution in [0.25, 0.3) is 10.9 Å². The van der Waals surface area contributed by atoms with Gasteiger partial charge in [0.2, 0.25) is 0 Å². The average Bonchev–Trinajstić information content (AvgIpc) is 2.73. The molecule has 1 amide bonds. The first-order valence-electron chi connectivity index (χ1n) is 5.24. The minimum Gasteiger partial charge on any atom is -0.352 e. The van der Waals surface area contributed by atoms with Crippen molar-refractivity contribution in [3.8, 4) is 0 Å². The fourth-order valence-electron chi connectivity index (χ4n) is 1.50. The summed E-state index contributed by atoms with van der Waals surface area (Å²) in [6.07, 6.45) is -3.70. The molecule has 18 heavy (non-hydrogen) atoms. The zero-order valence-electron chi connectivity index (χ0n) is 9.21. The van der Waals surface area contributed by atoms with E-state index >= 15 is 0 Å². The van der Waals surface area contributed by atoms with E-state index in [1.54, 1.807) is 24.4 Å². The number of halogens is 3. The van der Waals surface area contributed by atoms with Crippen molar-refractivity contribution in [3.63, 3.8) is 0 Å². The molecule has 7 heteroatoms. The van der Waals surface area contributed by atoms with E-state index in [1.807, 2.05) is 0 Å². The predicted molar refractivity (Wildman–Crippen MR) is 59.1 cm³/mol. The number of benzene rings is 1. The number of H-pyrrole nitrogens is 1. The van der Waals surface area contributed by atoms with Gasteiger partial charge in [0.1, 0.15) is 0 Å². The van der Waals surface area contributed by atoms with E-state index in [9.17, 15) is 18.0 Å². The quantitative estimate of drug-likeness (QED) is 0.886. The number of nitrogens with one attached hydrogen (secondary N) is 2. The van der Waals surface area contributed by atoms with E-state index in [2.05, 4.69) is 15.5 Å². The highest BCUT2D eigenvalue weighted by Crippen LogP contribution is 2.18. The van der Waals surface area contributed by atoms with Crippen molar-refractivity contribution < 1.29 is 18.0 Å². The van der Waals surface area contributed by atoms with E-state index < -0.39 is 25.0 Å². The Hall–Kier alpha value is -2.05. The van der Waals surface area contributed by atoms with Crippen LogP contribution in [0.5, 0.6) is 0 Å². The molecule has 1 aromatic carbocycles. The van der Waals surface area contributed by atoms with E-state index in [0.717, 1.165) is 5.39 Å². The minimum absolute atomic E-state index is 0.300. The van der Waals surface area contributed by atoms with Crippen LogP contribution < -0.4 is 5.32 Å². The molecule has 1 aromatic heterocycles. The number of aromatic amines is 1. The van der Waals surface area contributed by atoms with Crippen LogP contribution in [0.4, 0.5) is 13.2 Å². The summed E-state index contributed by atoms with van der Waals surface area (Å²) in [5, 5.41) is 9.53. The molecule has 2 aromatic rings. The molecule has 0 radical (unpaired) electrons. The number of hydrogen-bond acceptors (Lipinski definition) is 2. The largest absolute Gasteiger partial charge is 0.390 e. The molecule has 0 saturated carbocycles. The van der Waals surface area contributed by atoms with Crippen LogP contribution in [-0.4, -0.2) is 28.8 Å². The summed E-state index contributed by atoms with van der Waals surface area (Å²) in [6.45, 7) is -0.427. The van der Waals surface area contributed by atoms with E-state index in [0.29, 0.717) is 11.1 Å². The van der Waals surface area contributed by atoms with Crippen molar-refractivity contribution in [2.45, 2.75) is 12.6 Å². The van der Waals surface area contributed by atoms with Crippen LogP contribution in [0.2, 0.25) is 0 Å². The molecule has 96 valence electrons. The van der Waals surface area contributed by atoms with Crippen molar-refractivity contribution >= 4 is 16.8 Å². The summed E-state index contributed by atoms with van der Waals surface area (Å²) in [6, 6.07) is 4.77. The van der Waals surface area contributed by atoms with Gasteiger partial charge in [-0.3, -0.25) is 9.89 Å². The van der Waals surface area contributed by atoms with Gasteiger partial charge < -0.3 is 5.32 Å². The Morgan fingerprint density at radius 3 is 2.89 bits per heavy atom. The molecule has 2 N–H and O–H groups in total. The number of fused-ring (bicyclic) bond motifs is 1. The number of hydrogen-bond donors (Lipinski definition) is 2. The van der Waals surface area contributed by atoms with Gasteiger partial charge in [-0.15, -0.1) is 0 Å². The Morgan fingerprint density at radius 2 is 2.17 bits per heavy atom. The number of carbonyl (C=O) groups excluding carboxylic acids is 1. The number of alkyl halides is 3. The normalized spacial score (nSPS) is 11.7. The third-order valence-electron chi connectivity index (χ3n) is 2.40. The third kappa shape index (κ3) is 2.99. The molecular weight excluding hydrogens is 247 g/mol. The Labute approximate surface area is 100 Å². The minimum atomic E-state index is -4.26. The van der Waals surface area contributed by atoms with Crippen molar-refractivity contribution in [2.24, 2.45) is 0 Å². The summed E-state index contributed by atoms with van der Waals surface area (Å²) in [4.78, 5) is 11.6. The lowest BCUT2D eigenvalue weighted by atomic mass is 10.1. The molecule has 0 spiro atoms. The Morgan fingerprint density at radius 1 is 1.39 bits per heavy atom. The van der Waals surface area contributed by atoms with E-state index in [4.69, 9.17) is 0 Å². The molecule has 0 fully saturated rings. The fraction of sp³-hybridized carbons (Fsp3) is 0.273. The van der Waals surface area contributed by atoms with Gasteiger partial charge in [-0.25, -0.2) is 0 Å². The molecular formula is C11H10F3N3O. The second-order valence-corrected chi connectivity index (χ2v) is 3.79. The zero-order chi connectivity index (χ0) is 13.2. The topological polar surface area (TPSA) is 57.8 Å². The lowest BCUT2D eigenvalue weighted by Gasteiger charge is -2.07. The van der Waals surface area contributed by atoms with Crippen LogP contribution in [0.15, 0.2) is 24.4 Å². The summed E-state index contributed by atoms with van der Waals surface area (Å²) < 4.78 is 35.7. The summed E-state index contributed by atoms with van der Waals surface area (Å²) >= 11 is 0. The van der Waals surface area contributed by atoms with Crippen molar-refractivity contribution in [1.82, 2.24) is 15.5 Å². The van der Waals surface area contributed by atoms with Gasteiger partial charge in [-0.05, 0) is 12.1 Å². The van der Waals surface area contributed by atoms with Crippen molar-refractivity contribution in [2.75, 3.05) is 6.54 Å². The molecule has 0 aliphatic rings. The van der Waals surface area contributed by atoms with Crippen molar-refractivity contribution in [1.29, 1.82) is 0 Å². The second-order valence-electron chi connectivity index (χ2n) is 3.79. The first kappa shape index (κ1) is 12.4. The Balaban J connectivity index is 2.00. The monoisotopic (exact) mass is 257 g/mol. The summed E-state index contributed by atoms with van der Waals surface area (Å²) in [7, 11) is 0. The first-order chi connectivity index (χ1) is 8.46. The van der Waals surface area contributed by atoms with Crippen molar-refractivity contribution in [3.05, 3.63) is 30.0 Å². The second kappa shape index (κ2) is 4.67. The highest BCUT2D eigenvalue weighted by atomic mass is 19.4. The molecule has 0 atom stereocenters. The van der Waals surface area contributed by atoms with Gasteiger partial charge in [-0.2, -0.15) is 18.3 Å². The summed E-state index contributed by atoms with van der Waals surface area (Å²) in [5.74, 6) is -0.532. The van der Waals surface area contributed by atoms with E-state index in [-0.39, 0.29) is 0 Å². The maximum atomic E-state index is 11.9. The molecule has 0 bridgehead atoms. The van der Waals surface area contributed by atoms with Gasteiger partial charge in [0.25, 0.3) is 5.91 Å². The van der Waals surface area contributed by atoms with Crippen LogP contribution in [0.1, 0.15) is 16.8 Å². The Kier molecular flexibility index (Phi) is 3.22. The zero-order valence-corrected chi connectivity index (χ0v) is 9.21. The fourth-order valence-corrected chi connectivity index (χ4v) is 1.50. The number of aromatic nitrogens is 2. The first-order valence-corrected chi connectivity index (χ1v) is 5.24. The molecule has 0 aliphatic heterocycles. The standard InChI is InChI=1S/C11H10F3N3O/c12-11(13,14)3-4-15-10(18)7-1-2-8-6-16-17-9(8)5-7/h1-2,5-6H,3-4H2,(H,15,18)(H,16,17). The van der Waals surface area contributed by atoms with Crippen LogP contribution in [-0.2, 0) is 0 Å². The number of rotatable bonds is 3. The Bertz CT molecular complexity index is 562. The smallest absolute Gasteiger partial charge is 0.352 e. The molecule has 0 saturated heterocycles. The average molecular weight is 257 g/mol. The summed E-state index contributed by atoms with van der Waals surface area (Å²) in [5.41, 5.74) is 0.965. The number of amides is 1. The van der Waals surface area contributed by atoms with Crippen LogP contribution in [0, 0.1) is 0 Å². The molecule has 4 nitrogen and oxygen atoms in total. The van der Waals surface area contributed by atoms with Crippen LogP contribution in [0.3, 0.4) is 0 Å². The molecule has 2 rings (SSSR count). The molecule has 1 heterocycles. The SMILES string of the molecule is O=C(NCCC(F)(F)F)c1ccc2cn[nH]c2c1. The number of nitrogens with zero attached hydrogens (tertiary/aromatic N) is 1. The highest BCUT2D eigenvalue weighted by Gasteiger charge is 2.26. The van der Waals surface area contributed by atoms with Crippen LogP contribution >= 0.6 is 0 Å². The lowest BCUT2D eigenvalue weighted by molar-refractivity contribution is -0.132. The lowest BCUT2D eigenvalue weighted by Crippen LogP contribution is -2.27. The molecule has 0 aliphatic carbocycles. The highest BCUT2D eigenvalue weighted by molar-refractivity contribution is 5.97. The maximum absolute atomic E-state index is 11.9. The van der Waals surface area contributed by atoms with E-state index in [1.165, 1.54) is 0 Å². The van der Waals surface area contributed by atoms with Gasteiger partial charge in [0.05, 0.1) is 18.1 Å².